The molecule has 49 heavy (non-hydrogen) atoms. The van der Waals surface area contributed by atoms with Crippen LogP contribution in [0.1, 0.15) is 83.0 Å². The maximum Gasteiger partial charge on any atom is 0.443 e. The van der Waals surface area contributed by atoms with Gasteiger partial charge in [0.25, 0.3) is 11.8 Å². The SMILES string of the molecule is COc1c(F)cc(C(=O)NCC2(S(C)(=O)=O)CC2)cc1C(=O)N[C@H]1[C@@H](C(=O)N[C@H](C)C2(C)CC2)[C@H]2CC[C@@H]1/C2=C\c1cnc(C(F)(F)F)s1. The topological polar surface area (TPSA) is 144 Å². The van der Waals surface area contributed by atoms with Crippen LogP contribution in [-0.2, 0) is 20.8 Å². The lowest BCUT2D eigenvalue weighted by molar-refractivity contribution is -0.137. The van der Waals surface area contributed by atoms with Gasteiger partial charge >= 0.3 is 6.18 Å². The maximum absolute atomic E-state index is 15.3. The lowest BCUT2D eigenvalue weighted by atomic mass is 9.83. The van der Waals surface area contributed by atoms with E-state index in [1.807, 2.05) is 6.92 Å². The minimum atomic E-state index is -4.60. The van der Waals surface area contributed by atoms with E-state index >= 15 is 4.39 Å². The predicted octanol–water partition coefficient (Wildman–Crippen LogP) is 4.76. The number of nitrogens with zero attached hydrogens (tertiary/aromatic N) is 1. The predicted molar refractivity (Wildman–Crippen MR) is 173 cm³/mol. The van der Waals surface area contributed by atoms with E-state index in [-0.39, 0.29) is 45.8 Å². The van der Waals surface area contributed by atoms with Gasteiger partial charge in [-0.25, -0.2) is 17.8 Å². The minimum Gasteiger partial charge on any atom is -0.493 e. The lowest BCUT2D eigenvalue weighted by Crippen LogP contribution is -2.52. The molecule has 0 radical (unpaired) electrons. The lowest BCUT2D eigenvalue weighted by Gasteiger charge is -2.32. The number of methoxy groups -OCH3 is 1. The van der Waals surface area contributed by atoms with E-state index < -0.39 is 67.0 Å². The zero-order valence-corrected chi connectivity index (χ0v) is 29.0. The number of aromatic nitrogens is 1. The van der Waals surface area contributed by atoms with Crippen molar-refractivity contribution in [2.24, 2.45) is 23.2 Å². The van der Waals surface area contributed by atoms with Crippen molar-refractivity contribution < 1.29 is 45.1 Å². The van der Waals surface area contributed by atoms with Crippen LogP contribution in [0.4, 0.5) is 17.6 Å². The largest absolute Gasteiger partial charge is 0.493 e. The molecule has 4 saturated carbocycles. The summed E-state index contributed by atoms with van der Waals surface area (Å²) in [4.78, 5) is 44.7. The van der Waals surface area contributed by atoms with E-state index in [9.17, 15) is 36.0 Å². The molecular weight excluding hydrogens is 689 g/mol. The molecule has 5 atom stereocenters. The molecule has 0 aliphatic heterocycles. The van der Waals surface area contributed by atoms with E-state index in [4.69, 9.17) is 4.74 Å². The third-order valence-electron chi connectivity index (χ3n) is 10.9. The Balaban J connectivity index is 1.29. The number of amides is 3. The second kappa shape index (κ2) is 12.4. The molecule has 2 bridgehead atoms. The number of alkyl halides is 3. The van der Waals surface area contributed by atoms with E-state index in [0.29, 0.717) is 37.0 Å². The number of thiazole rings is 1. The van der Waals surface area contributed by atoms with Crippen LogP contribution in [0.15, 0.2) is 23.9 Å². The average Bonchev–Trinajstić information content (AvgIpc) is 3.86. The second-order valence-electron chi connectivity index (χ2n) is 14.1. The van der Waals surface area contributed by atoms with Crippen molar-refractivity contribution in [3.05, 3.63) is 50.7 Å². The van der Waals surface area contributed by atoms with Crippen LogP contribution in [0.2, 0.25) is 0 Å². The first-order valence-corrected chi connectivity index (χ1v) is 18.8. The Morgan fingerprint density at radius 3 is 2.37 bits per heavy atom. The highest BCUT2D eigenvalue weighted by Crippen LogP contribution is 2.54. The Labute approximate surface area is 285 Å². The molecule has 4 aliphatic carbocycles. The minimum absolute atomic E-state index is 0.0479. The number of hydrogen-bond acceptors (Lipinski definition) is 8. The van der Waals surface area contributed by atoms with Crippen molar-refractivity contribution in [2.45, 2.75) is 75.4 Å². The third kappa shape index (κ3) is 6.69. The first kappa shape index (κ1) is 35.3. The fourth-order valence-electron chi connectivity index (χ4n) is 7.25. The zero-order valence-electron chi connectivity index (χ0n) is 27.4. The summed E-state index contributed by atoms with van der Waals surface area (Å²) in [7, 11) is -2.28. The van der Waals surface area contributed by atoms with Crippen LogP contribution in [0.3, 0.4) is 0 Å². The van der Waals surface area contributed by atoms with Crippen LogP contribution in [0, 0.1) is 29.0 Å². The standard InChI is InChI=1S/C33H38F4N4O6S2/c1-16(31(2)7-8-31)40-29(44)24-19-5-6-20(21(19)13-18-14-38-30(48-18)33(35,36)37)25(24)41-28(43)22-11-17(12-23(34)26(22)47-3)27(42)39-15-32(9-10-32)49(4,45)46/h11-14,16,19-20,24-25H,5-10,15H2,1-4H3,(H,39,42)(H,40,44)(H,41,43)/b21-13-/t16-,19+,20-,24+,25-/m1/s1. The fraction of sp³-hybridized carbons (Fsp3) is 0.576. The molecule has 2 aromatic rings. The molecular formula is C33H38F4N4O6S2. The molecule has 4 aliphatic rings. The number of hydrogen-bond donors (Lipinski definition) is 3. The molecule has 0 saturated heterocycles. The molecule has 6 rings (SSSR count). The Morgan fingerprint density at radius 2 is 1.80 bits per heavy atom. The van der Waals surface area contributed by atoms with Gasteiger partial charge in [0.05, 0.1) is 23.3 Å². The highest BCUT2D eigenvalue weighted by Gasteiger charge is 2.56. The molecule has 3 amide bonds. The first-order valence-electron chi connectivity index (χ1n) is 16.1. The summed E-state index contributed by atoms with van der Waals surface area (Å²) in [6.45, 7) is 3.82. The Morgan fingerprint density at radius 1 is 1.12 bits per heavy atom. The molecule has 4 fully saturated rings. The van der Waals surface area contributed by atoms with Crippen molar-refractivity contribution in [1.82, 2.24) is 20.9 Å². The van der Waals surface area contributed by atoms with Gasteiger partial charge in [-0.1, -0.05) is 12.5 Å². The van der Waals surface area contributed by atoms with Crippen LogP contribution >= 0.6 is 11.3 Å². The van der Waals surface area contributed by atoms with Crippen LogP contribution < -0.4 is 20.7 Å². The summed E-state index contributed by atoms with van der Waals surface area (Å²) in [5, 5.41) is 7.55. The summed E-state index contributed by atoms with van der Waals surface area (Å²) < 4.78 is 83.6. The van der Waals surface area contributed by atoms with Gasteiger partial charge in [0.1, 0.15) is 0 Å². The molecule has 16 heteroatoms. The van der Waals surface area contributed by atoms with Crippen LogP contribution in [0.25, 0.3) is 6.08 Å². The average molecular weight is 727 g/mol. The monoisotopic (exact) mass is 726 g/mol. The summed E-state index contributed by atoms with van der Waals surface area (Å²) in [6, 6.07) is 1.10. The van der Waals surface area contributed by atoms with Gasteiger partial charge in [0, 0.05) is 47.4 Å². The van der Waals surface area contributed by atoms with Gasteiger partial charge in [-0.15, -0.1) is 11.3 Å². The molecule has 0 unspecified atom stereocenters. The zero-order chi connectivity index (χ0) is 35.7. The highest BCUT2D eigenvalue weighted by molar-refractivity contribution is 7.92. The van der Waals surface area contributed by atoms with Gasteiger partial charge in [-0.05, 0) is 75.0 Å². The Kier molecular flexibility index (Phi) is 8.90. The number of fused-ring (bicyclic) bond motifs is 2. The number of ether oxygens (including phenoxy) is 1. The number of rotatable bonds is 11. The smallest absolute Gasteiger partial charge is 0.443 e. The molecule has 1 aromatic heterocycles. The van der Waals surface area contributed by atoms with E-state index in [1.54, 1.807) is 6.08 Å². The van der Waals surface area contributed by atoms with Gasteiger partial charge in [0.15, 0.2) is 26.4 Å². The van der Waals surface area contributed by atoms with Crippen molar-refractivity contribution in [2.75, 3.05) is 19.9 Å². The summed E-state index contributed by atoms with van der Waals surface area (Å²) >= 11 is 0.494. The quantitative estimate of drug-likeness (QED) is 0.284. The van der Waals surface area contributed by atoms with E-state index in [0.717, 1.165) is 50.1 Å². The second-order valence-corrected chi connectivity index (χ2v) is 17.6. The Hall–Kier alpha value is -3.53. The summed E-state index contributed by atoms with van der Waals surface area (Å²) in [5.74, 6) is -4.84. The number of halogens is 4. The number of benzene rings is 1. The molecule has 0 spiro atoms. The molecule has 3 N–H and O–H groups in total. The first-order chi connectivity index (χ1) is 22.9. The van der Waals surface area contributed by atoms with Crippen molar-refractivity contribution in [3.8, 4) is 5.75 Å². The summed E-state index contributed by atoms with van der Waals surface area (Å²) in [5.41, 5.74) is 0.153. The number of sulfone groups is 1. The van der Waals surface area contributed by atoms with Crippen molar-refractivity contribution >= 4 is 45.0 Å². The number of carbonyl (C=O) groups is 3. The normalized spacial score (nSPS) is 26.2. The van der Waals surface area contributed by atoms with Gasteiger partial charge in [-0.3, -0.25) is 14.4 Å². The van der Waals surface area contributed by atoms with E-state index in [2.05, 4.69) is 27.9 Å². The highest BCUT2D eigenvalue weighted by atomic mass is 32.2. The fourth-order valence-corrected chi connectivity index (χ4v) is 9.17. The summed E-state index contributed by atoms with van der Waals surface area (Å²) in [6.07, 6.45) is 3.07. The molecule has 266 valence electrons. The van der Waals surface area contributed by atoms with Gasteiger partial charge < -0.3 is 20.7 Å². The van der Waals surface area contributed by atoms with Crippen molar-refractivity contribution in [1.29, 1.82) is 0 Å². The maximum atomic E-state index is 15.3. The Bertz CT molecular complexity index is 1830. The number of nitrogens with one attached hydrogen (secondary N) is 3. The molecule has 10 nitrogen and oxygen atoms in total. The number of carbonyl (C=O) groups excluding carboxylic acids is 3. The van der Waals surface area contributed by atoms with Gasteiger partial charge in [-0.2, -0.15) is 13.2 Å². The third-order valence-corrected chi connectivity index (χ3v) is 14.1. The van der Waals surface area contributed by atoms with Crippen LogP contribution in [-0.4, -0.2) is 67.9 Å². The van der Waals surface area contributed by atoms with E-state index in [1.165, 1.54) is 0 Å². The van der Waals surface area contributed by atoms with Gasteiger partial charge in [0.2, 0.25) is 5.91 Å². The molecule has 1 heterocycles. The molecule has 1 aromatic carbocycles. The van der Waals surface area contributed by atoms with Crippen LogP contribution in [0.5, 0.6) is 5.75 Å². The van der Waals surface area contributed by atoms with Crippen molar-refractivity contribution in [3.63, 3.8) is 0 Å².